The Morgan fingerprint density at radius 1 is 0.792 bits per heavy atom. The molecule has 3 rings (SSSR count). The Morgan fingerprint density at radius 2 is 1.44 bits per heavy atom. The SMILES string of the molecule is CC.CCCCCCCc1cc(C(C)C)c2ccccc2c1.COC(=O)/C=C/C(=O)C(=O)CCc1ccc(C(C)=O)cc1C(C)=O.NN. The summed E-state index contributed by atoms with van der Waals surface area (Å²) < 4.78 is 4.33. The van der Waals surface area contributed by atoms with Crippen molar-refractivity contribution in [1.29, 1.82) is 0 Å². The quantitative estimate of drug-likeness (QED) is 0.0315. The fourth-order valence-electron chi connectivity index (χ4n) is 4.98. The molecular formula is C40H56N2O6. The van der Waals surface area contributed by atoms with Gasteiger partial charge in [0.1, 0.15) is 0 Å². The molecule has 48 heavy (non-hydrogen) atoms. The number of unbranched alkanes of at least 4 members (excludes halogenated alkanes) is 4. The van der Waals surface area contributed by atoms with Gasteiger partial charge in [-0.25, -0.2) is 4.79 Å². The largest absolute Gasteiger partial charge is 0.466 e. The average Bonchev–Trinajstić information content (AvgIpc) is 3.10. The molecule has 0 unspecified atom stereocenters. The number of benzene rings is 3. The van der Waals surface area contributed by atoms with E-state index in [4.69, 9.17) is 0 Å². The molecule has 3 aromatic rings. The summed E-state index contributed by atoms with van der Waals surface area (Å²) in [5.74, 6) is 5.99. The second kappa shape index (κ2) is 24.8. The second-order valence-electron chi connectivity index (χ2n) is 11.4. The molecular weight excluding hydrogens is 604 g/mol. The normalized spacial score (nSPS) is 10.2. The lowest BCUT2D eigenvalue weighted by Gasteiger charge is -2.13. The number of allylic oxidation sites excluding steroid dienone is 1. The van der Waals surface area contributed by atoms with Gasteiger partial charge in [-0.2, -0.15) is 0 Å². The molecule has 8 nitrogen and oxygen atoms in total. The van der Waals surface area contributed by atoms with Crippen molar-refractivity contribution < 1.29 is 28.7 Å². The summed E-state index contributed by atoms with van der Waals surface area (Å²) in [5, 5.41) is 2.83. The van der Waals surface area contributed by atoms with Crippen LogP contribution < -0.4 is 11.7 Å². The molecule has 0 aromatic heterocycles. The number of carbonyl (C=O) groups excluding carboxylic acids is 5. The summed E-state index contributed by atoms with van der Waals surface area (Å²) in [7, 11) is 1.16. The molecule has 0 saturated carbocycles. The highest BCUT2D eigenvalue weighted by molar-refractivity contribution is 6.42. The summed E-state index contributed by atoms with van der Waals surface area (Å²) in [6, 6.07) is 18.3. The van der Waals surface area contributed by atoms with Crippen molar-refractivity contribution in [3.63, 3.8) is 0 Å². The number of fused-ring (bicyclic) bond motifs is 1. The number of hydrogen-bond acceptors (Lipinski definition) is 8. The lowest BCUT2D eigenvalue weighted by atomic mass is 9.92. The molecule has 0 saturated heterocycles. The van der Waals surface area contributed by atoms with Gasteiger partial charge in [-0.05, 0) is 78.6 Å². The maximum atomic E-state index is 11.8. The monoisotopic (exact) mass is 660 g/mol. The van der Waals surface area contributed by atoms with E-state index in [1.165, 1.54) is 80.3 Å². The number of nitrogens with two attached hydrogens (primary N) is 2. The predicted molar refractivity (Wildman–Crippen MR) is 196 cm³/mol. The highest BCUT2D eigenvalue weighted by atomic mass is 16.5. The fraction of sp³-hybridized carbons (Fsp3) is 0.425. The van der Waals surface area contributed by atoms with Gasteiger partial charge in [0.2, 0.25) is 11.6 Å². The maximum Gasteiger partial charge on any atom is 0.330 e. The molecule has 0 fully saturated rings. The molecule has 0 aliphatic heterocycles. The van der Waals surface area contributed by atoms with Crippen LogP contribution in [0.25, 0.3) is 10.8 Å². The van der Waals surface area contributed by atoms with Gasteiger partial charge >= 0.3 is 5.97 Å². The lowest BCUT2D eigenvalue weighted by Crippen LogP contribution is -2.13. The number of aryl methyl sites for hydroxylation is 2. The van der Waals surface area contributed by atoms with Gasteiger partial charge in [-0.1, -0.05) is 109 Å². The Kier molecular flexibility index (Phi) is 22.6. The maximum absolute atomic E-state index is 11.8. The van der Waals surface area contributed by atoms with E-state index < -0.39 is 17.5 Å². The molecule has 3 aromatic carbocycles. The van der Waals surface area contributed by atoms with Gasteiger partial charge in [-0.3, -0.25) is 30.9 Å². The minimum atomic E-state index is -0.815. The van der Waals surface area contributed by atoms with Gasteiger partial charge in [-0.15, -0.1) is 0 Å². The topological polar surface area (TPSA) is 147 Å². The third kappa shape index (κ3) is 15.5. The van der Waals surface area contributed by atoms with Crippen molar-refractivity contribution in [1.82, 2.24) is 0 Å². The third-order valence-electron chi connectivity index (χ3n) is 7.51. The minimum Gasteiger partial charge on any atom is -0.466 e. The van der Waals surface area contributed by atoms with Crippen molar-refractivity contribution in [2.45, 2.75) is 106 Å². The Balaban J connectivity index is 0.000000843. The molecule has 0 amide bonds. The van der Waals surface area contributed by atoms with E-state index >= 15 is 0 Å². The van der Waals surface area contributed by atoms with Gasteiger partial charge in [0.15, 0.2) is 11.6 Å². The van der Waals surface area contributed by atoms with Crippen LogP contribution in [0.5, 0.6) is 0 Å². The Hall–Kier alpha value is -4.27. The van der Waals surface area contributed by atoms with Crippen LogP contribution in [0.4, 0.5) is 0 Å². The molecule has 0 atom stereocenters. The van der Waals surface area contributed by atoms with Gasteiger partial charge < -0.3 is 4.74 Å². The van der Waals surface area contributed by atoms with Crippen molar-refractivity contribution in [3.8, 4) is 0 Å². The predicted octanol–water partition coefficient (Wildman–Crippen LogP) is 8.21. The van der Waals surface area contributed by atoms with Gasteiger partial charge in [0.25, 0.3) is 0 Å². The Morgan fingerprint density at radius 3 is 2.02 bits per heavy atom. The first-order valence-corrected chi connectivity index (χ1v) is 16.8. The van der Waals surface area contributed by atoms with E-state index in [-0.39, 0.29) is 24.4 Å². The molecule has 262 valence electrons. The highest BCUT2D eigenvalue weighted by Gasteiger charge is 2.15. The zero-order valence-electron chi connectivity index (χ0n) is 30.2. The number of hydrogen-bond donors (Lipinski definition) is 2. The number of esters is 1. The van der Waals surface area contributed by atoms with Crippen LogP contribution in [-0.4, -0.2) is 36.2 Å². The number of hydrazine groups is 1. The number of ether oxygens (including phenoxy) is 1. The zero-order valence-corrected chi connectivity index (χ0v) is 30.2. The summed E-state index contributed by atoms with van der Waals surface area (Å²) in [4.78, 5) is 57.3. The average molecular weight is 661 g/mol. The smallest absolute Gasteiger partial charge is 0.330 e. The van der Waals surface area contributed by atoms with Crippen LogP contribution in [0.2, 0.25) is 0 Å². The summed E-state index contributed by atoms with van der Waals surface area (Å²) >= 11 is 0. The number of Topliss-reactive ketones (excluding diaryl/α,β-unsaturated/α-hetero) is 3. The molecule has 0 heterocycles. The van der Waals surface area contributed by atoms with E-state index in [2.05, 4.69) is 73.6 Å². The summed E-state index contributed by atoms with van der Waals surface area (Å²) in [6.07, 6.45) is 9.85. The van der Waals surface area contributed by atoms with E-state index in [9.17, 15) is 24.0 Å². The number of ketones is 4. The first-order chi connectivity index (χ1) is 23.0. The molecule has 0 spiro atoms. The lowest BCUT2D eigenvalue weighted by molar-refractivity contribution is -0.135. The summed E-state index contributed by atoms with van der Waals surface area (Å²) in [5.41, 5.74) is 4.38. The van der Waals surface area contributed by atoms with Gasteiger partial charge in [0.05, 0.1) is 7.11 Å². The van der Waals surface area contributed by atoms with Crippen LogP contribution in [0.1, 0.15) is 130 Å². The molecule has 0 aliphatic carbocycles. The van der Waals surface area contributed by atoms with Crippen LogP contribution in [0, 0.1) is 0 Å². The molecule has 0 aliphatic rings. The first-order valence-electron chi connectivity index (χ1n) is 16.8. The fourth-order valence-corrected chi connectivity index (χ4v) is 4.98. The van der Waals surface area contributed by atoms with Crippen LogP contribution in [0.3, 0.4) is 0 Å². The van der Waals surface area contributed by atoms with E-state index in [1.807, 2.05) is 13.8 Å². The molecule has 0 bridgehead atoms. The Labute approximate surface area is 287 Å². The zero-order chi connectivity index (χ0) is 36.6. The molecule has 8 heteroatoms. The van der Waals surface area contributed by atoms with E-state index in [0.717, 1.165) is 19.3 Å². The molecule has 0 radical (unpaired) electrons. The molecule has 4 N–H and O–H groups in total. The first kappa shape index (κ1) is 43.7. The standard InChI is InChI=1S/C20H28.C18H18O6.C2H6.H4N2/c1-4-5-6-7-8-11-17-14-18-12-9-10-13-19(18)20(15-17)16(2)3;1-11(19)14-5-4-13(15(10-14)12(2)20)6-7-16(21)17(22)8-9-18(23)24-3;2*1-2/h9-10,12-16H,4-8,11H2,1-3H3;4-5,8-10H,6-7H2,1-3H3;1-2H3;1-2H2/b;9-8+;;. The van der Waals surface area contributed by atoms with E-state index in [1.54, 1.807) is 12.1 Å². The van der Waals surface area contributed by atoms with E-state index in [0.29, 0.717) is 22.6 Å². The van der Waals surface area contributed by atoms with Crippen LogP contribution >= 0.6 is 0 Å². The number of methoxy groups -OCH3 is 1. The number of rotatable bonds is 15. The van der Waals surface area contributed by atoms with Crippen LogP contribution in [0.15, 0.2) is 66.7 Å². The van der Waals surface area contributed by atoms with Crippen molar-refractivity contribution >= 4 is 39.9 Å². The second-order valence-corrected chi connectivity index (χ2v) is 11.4. The van der Waals surface area contributed by atoms with Crippen LogP contribution in [-0.2, 0) is 32.0 Å². The van der Waals surface area contributed by atoms with Crippen molar-refractivity contribution in [2.24, 2.45) is 11.7 Å². The van der Waals surface area contributed by atoms with Crippen molar-refractivity contribution in [3.05, 3.63) is 94.6 Å². The number of carbonyl (C=O) groups is 5. The summed E-state index contributed by atoms with van der Waals surface area (Å²) in [6.45, 7) is 13.6. The third-order valence-corrected chi connectivity index (χ3v) is 7.51. The minimum absolute atomic E-state index is 0.107. The van der Waals surface area contributed by atoms with Crippen molar-refractivity contribution in [2.75, 3.05) is 7.11 Å². The highest BCUT2D eigenvalue weighted by Crippen LogP contribution is 2.28. The Bertz CT molecular complexity index is 1510. The van der Waals surface area contributed by atoms with Gasteiger partial charge in [0, 0.05) is 23.6 Å².